The summed E-state index contributed by atoms with van der Waals surface area (Å²) < 4.78 is 5.19. The van der Waals surface area contributed by atoms with E-state index in [0.717, 1.165) is 28.1 Å². The van der Waals surface area contributed by atoms with E-state index in [4.69, 9.17) is 4.52 Å². The number of nitrogens with one attached hydrogen (secondary N) is 1. The fourth-order valence-electron chi connectivity index (χ4n) is 2.44. The van der Waals surface area contributed by atoms with E-state index in [2.05, 4.69) is 28.7 Å². The minimum atomic E-state index is 0.0819. The SMILES string of the molecule is Cc1noc(C)c1-c1ccc2c(c1)CC(=O)NC2. The van der Waals surface area contributed by atoms with E-state index in [9.17, 15) is 4.79 Å². The molecule has 1 aromatic carbocycles. The number of aromatic nitrogens is 1. The van der Waals surface area contributed by atoms with Gasteiger partial charge in [-0.25, -0.2) is 0 Å². The quantitative estimate of drug-likeness (QED) is 0.833. The van der Waals surface area contributed by atoms with Crippen molar-refractivity contribution in [2.24, 2.45) is 0 Å². The Morgan fingerprint density at radius 2 is 2.11 bits per heavy atom. The zero-order valence-electron chi connectivity index (χ0n) is 10.4. The van der Waals surface area contributed by atoms with Crippen molar-refractivity contribution >= 4 is 5.91 Å². The molecular weight excluding hydrogens is 228 g/mol. The molecule has 0 bridgehead atoms. The first kappa shape index (κ1) is 11.0. The van der Waals surface area contributed by atoms with Crippen molar-refractivity contribution in [1.82, 2.24) is 10.5 Å². The number of carbonyl (C=O) groups is 1. The van der Waals surface area contributed by atoms with Crippen molar-refractivity contribution in [3.63, 3.8) is 0 Å². The van der Waals surface area contributed by atoms with Gasteiger partial charge in [-0.1, -0.05) is 23.4 Å². The molecule has 2 aromatic rings. The summed E-state index contributed by atoms with van der Waals surface area (Å²) in [7, 11) is 0. The number of aryl methyl sites for hydroxylation is 2. The molecule has 0 spiro atoms. The van der Waals surface area contributed by atoms with E-state index < -0.39 is 0 Å². The zero-order chi connectivity index (χ0) is 12.7. The number of rotatable bonds is 1. The van der Waals surface area contributed by atoms with Crippen LogP contribution >= 0.6 is 0 Å². The van der Waals surface area contributed by atoms with Crippen LogP contribution in [0.3, 0.4) is 0 Å². The van der Waals surface area contributed by atoms with Crippen LogP contribution in [-0.2, 0) is 17.8 Å². The third-order valence-corrected chi connectivity index (χ3v) is 3.36. The van der Waals surface area contributed by atoms with Gasteiger partial charge in [0.2, 0.25) is 5.91 Å². The maximum absolute atomic E-state index is 11.4. The maximum atomic E-state index is 11.4. The highest BCUT2D eigenvalue weighted by Crippen LogP contribution is 2.29. The highest BCUT2D eigenvalue weighted by atomic mass is 16.5. The second-order valence-electron chi connectivity index (χ2n) is 4.64. The molecule has 1 aromatic heterocycles. The van der Waals surface area contributed by atoms with E-state index >= 15 is 0 Å². The number of fused-ring (bicyclic) bond motifs is 1. The number of nitrogens with zero attached hydrogens (tertiary/aromatic N) is 1. The smallest absolute Gasteiger partial charge is 0.224 e. The third-order valence-electron chi connectivity index (χ3n) is 3.36. The highest BCUT2D eigenvalue weighted by molar-refractivity contribution is 5.81. The molecule has 0 radical (unpaired) electrons. The van der Waals surface area contributed by atoms with Crippen molar-refractivity contribution in [2.45, 2.75) is 26.8 Å². The average molecular weight is 242 g/mol. The minimum absolute atomic E-state index is 0.0819. The summed E-state index contributed by atoms with van der Waals surface area (Å²) in [4.78, 5) is 11.4. The molecule has 1 amide bonds. The van der Waals surface area contributed by atoms with Gasteiger partial charge in [-0.15, -0.1) is 0 Å². The molecule has 4 heteroatoms. The van der Waals surface area contributed by atoms with Crippen LogP contribution in [0.25, 0.3) is 11.1 Å². The summed E-state index contributed by atoms with van der Waals surface area (Å²) in [6, 6.07) is 6.19. The largest absolute Gasteiger partial charge is 0.361 e. The van der Waals surface area contributed by atoms with Crippen molar-refractivity contribution in [2.75, 3.05) is 0 Å². The molecule has 0 saturated carbocycles. The predicted octanol–water partition coefficient (Wildman–Crippen LogP) is 2.13. The molecule has 0 atom stereocenters. The van der Waals surface area contributed by atoms with Crippen LogP contribution in [-0.4, -0.2) is 11.1 Å². The summed E-state index contributed by atoms with van der Waals surface area (Å²) >= 11 is 0. The van der Waals surface area contributed by atoms with Crippen molar-refractivity contribution in [3.05, 3.63) is 40.8 Å². The number of hydrogen-bond donors (Lipinski definition) is 1. The lowest BCUT2D eigenvalue weighted by Gasteiger charge is -2.17. The summed E-state index contributed by atoms with van der Waals surface area (Å²) in [5.74, 6) is 0.895. The summed E-state index contributed by atoms with van der Waals surface area (Å²) in [6.07, 6.45) is 0.451. The van der Waals surface area contributed by atoms with E-state index in [0.29, 0.717) is 13.0 Å². The Morgan fingerprint density at radius 3 is 2.83 bits per heavy atom. The molecule has 3 rings (SSSR count). The lowest BCUT2D eigenvalue weighted by molar-refractivity contribution is -0.121. The van der Waals surface area contributed by atoms with Gasteiger partial charge in [-0.2, -0.15) is 0 Å². The number of benzene rings is 1. The Morgan fingerprint density at radius 1 is 1.28 bits per heavy atom. The van der Waals surface area contributed by atoms with Gasteiger partial charge in [-0.3, -0.25) is 4.79 Å². The maximum Gasteiger partial charge on any atom is 0.224 e. The van der Waals surface area contributed by atoms with Gasteiger partial charge in [0, 0.05) is 12.1 Å². The van der Waals surface area contributed by atoms with Crippen molar-refractivity contribution in [3.8, 4) is 11.1 Å². The lowest BCUT2D eigenvalue weighted by Crippen LogP contribution is -2.30. The molecule has 4 nitrogen and oxygen atoms in total. The fraction of sp³-hybridized carbons (Fsp3) is 0.286. The number of amides is 1. The molecule has 1 aliphatic rings. The fourth-order valence-corrected chi connectivity index (χ4v) is 2.44. The summed E-state index contributed by atoms with van der Waals surface area (Å²) in [5, 5.41) is 6.81. The lowest BCUT2D eigenvalue weighted by atomic mass is 9.94. The molecular formula is C14H14N2O2. The molecule has 92 valence electrons. The van der Waals surface area contributed by atoms with Crippen LogP contribution in [0.1, 0.15) is 22.6 Å². The van der Waals surface area contributed by atoms with Crippen LogP contribution in [0.5, 0.6) is 0 Å². The second kappa shape index (κ2) is 3.98. The zero-order valence-corrected chi connectivity index (χ0v) is 10.4. The van der Waals surface area contributed by atoms with Crippen LogP contribution in [0.15, 0.2) is 22.7 Å². The standard InChI is InChI=1S/C14H14N2O2/c1-8-14(9(2)18-16-8)10-3-4-11-7-15-13(17)6-12(11)5-10/h3-5H,6-7H2,1-2H3,(H,15,17). The Hall–Kier alpha value is -2.10. The van der Waals surface area contributed by atoms with Crippen molar-refractivity contribution < 1.29 is 9.32 Å². The Bertz CT molecular complexity index is 609. The monoisotopic (exact) mass is 242 g/mol. The topological polar surface area (TPSA) is 55.1 Å². The molecule has 0 saturated heterocycles. The van der Waals surface area contributed by atoms with Gasteiger partial charge in [0.25, 0.3) is 0 Å². The first-order valence-electron chi connectivity index (χ1n) is 5.97. The molecule has 2 heterocycles. The van der Waals surface area contributed by atoms with E-state index in [-0.39, 0.29) is 5.91 Å². The third kappa shape index (κ3) is 1.70. The van der Waals surface area contributed by atoms with Gasteiger partial charge in [-0.05, 0) is 30.5 Å². The van der Waals surface area contributed by atoms with E-state index in [1.807, 2.05) is 13.8 Å². The Kier molecular flexibility index (Phi) is 2.44. The Labute approximate surface area is 105 Å². The number of carbonyl (C=O) groups excluding carboxylic acids is 1. The molecule has 1 aliphatic heterocycles. The highest BCUT2D eigenvalue weighted by Gasteiger charge is 2.17. The number of hydrogen-bond acceptors (Lipinski definition) is 3. The van der Waals surface area contributed by atoms with Gasteiger partial charge in [0.05, 0.1) is 12.1 Å². The van der Waals surface area contributed by atoms with Gasteiger partial charge >= 0.3 is 0 Å². The van der Waals surface area contributed by atoms with Crippen LogP contribution in [0.4, 0.5) is 0 Å². The van der Waals surface area contributed by atoms with E-state index in [1.54, 1.807) is 0 Å². The molecule has 0 unspecified atom stereocenters. The first-order valence-corrected chi connectivity index (χ1v) is 5.97. The van der Waals surface area contributed by atoms with Gasteiger partial charge in [0.15, 0.2) is 0 Å². The van der Waals surface area contributed by atoms with Crippen molar-refractivity contribution in [1.29, 1.82) is 0 Å². The van der Waals surface area contributed by atoms with Crippen LogP contribution in [0, 0.1) is 13.8 Å². The normalized spacial score (nSPS) is 14.2. The predicted molar refractivity (Wildman–Crippen MR) is 67.0 cm³/mol. The van der Waals surface area contributed by atoms with Gasteiger partial charge in [0.1, 0.15) is 5.76 Å². The second-order valence-corrected chi connectivity index (χ2v) is 4.64. The Balaban J connectivity index is 2.10. The molecule has 0 fully saturated rings. The van der Waals surface area contributed by atoms with Gasteiger partial charge < -0.3 is 9.84 Å². The molecule has 1 N–H and O–H groups in total. The minimum Gasteiger partial charge on any atom is -0.361 e. The van der Waals surface area contributed by atoms with E-state index in [1.165, 1.54) is 5.56 Å². The summed E-state index contributed by atoms with van der Waals surface area (Å²) in [6.45, 7) is 4.45. The average Bonchev–Trinajstić information content (AvgIpc) is 2.68. The first-order chi connectivity index (χ1) is 8.65. The summed E-state index contributed by atoms with van der Waals surface area (Å²) in [5.41, 5.74) is 5.26. The van der Waals surface area contributed by atoms with Crippen LogP contribution in [0.2, 0.25) is 0 Å². The molecule has 18 heavy (non-hydrogen) atoms. The molecule has 0 aliphatic carbocycles. The van der Waals surface area contributed by atoms with Crippen LogP contribution < -0.4 is 5.32 Å².